The molecule has 0 unspecified atom stereocenters. The van der Waals surface area contributed by atoms with Crippen molar-refractivity contribution in [3.05, 3.63) is 51.9 Å². The zero-order valence-electron chi connectivity index (χ0n) is 15.8. The zero-order chi connectivity index (χ0) is 21.6. The highest BCUT2D eigenvalue weighted by Gasteiger charge is 2.20. The van der Waals surface area contributed by atoms with Gasteiger partial charge in [-0.25, -0.2) is 14.6 Å². The molecule has 0 aliphatic rings. The van der Waals surface area contributed by atoms with Crippen LogP contribution in [0.2, 0.25) is 0 Å². The summed E-state index contributed by atoms with van der Waals surface area (Å²) in [5, 5.41) is 28.9. The zero-order valence-corrected chi connectivity index (χ0v) is 16.6. The lowest BCUT2D eigenvalue weighted by molar-refractivity contribution is -0.113. The summed E-state index contributed by atoms with van der Waals surface area (Å²) < 4.78 is 4.92. The van der Waals surface area contributed by atoms with Crippen molar-refractivity contribution in [1.82, 2.24) is 4.98 Å². The second-order valence-corrected chi connectivity index (χ2v) is 6.60. The molecule has 1 heterocycles. The van der Waals surface area contributed by atoms with Crippen molar-refractivity contribution >= 4 is 40.0 Å². The van der Waals surface area contributed by atoms with Crippen LogP contribution in [-0.4, -0.2) is 39.6 Å². The van der Waals surface area contributed by atoms with E-state index < -0.39 is 29.3 Å². The number of esters is 1. The minimum atomic E-state index is -1.13. The van der Waals surface area contributed by atoms with Crippen LogP contribution in [0.5, 0.6) is 0 Å². The van der Waals surface area contributed by atoms with E-state index in [1.54, 1.807) is 13.8 Å². The number of aromatic nitrogens is 1. The number of carboxylic acids is 1. The molecule has 1 aromatic heterocycles. The molecule has 10 nitrogen and oxygen atoms in total. The quantitative estimate of drug-likeness (QED) is 0.267. The van der Waals surface area contributed by atoms with Crippen molar-refractivity contribution in [2.24, 2.45) is 10.2 Å². The maximum atomic E-state index is 12.4. The van der Waals surface area contributed by atoms with Gasteiger partial charge in [-0.3, -0.25) is 10.1 Å². The molecule has 0 aliphatic heterocycles. The first-order valence-corrected chi connectivity index (χ1v) is 9.15. The summed E-state index contributed by atoms with van der Waals surface area (Å²) in [5.74, 6) is -2.88. The number of nitrogens with one attached hydrogen (secondary N) is 1. The highest BCUT2D eigenvalue weighted by atomic mass is 32.1. The number of aromatic carboxylic acids is 1. The maximum absolute atomic E-state index is 12.4. The first-order chi connectivity index (χ1) is 13.7. The largest absolute Gasteiger partial charge is 0.510 e. The number of amides is 1. The number of anilines is 1. The number of aryl methyl sites for hydroxylation is 1. The van der Waals surface area contributed by atoms with Crippen LogP contribution in [0.4, 0.5) is 10.8 Å². The average Bonchev–Trinajstić information content (AvgIpc) is 3.02. The van der Waals surface area contributed by atoms with Crippen molar-refractivity contribution < 1.29 is 29.3 Å². The third kappa shape index (κ3) is 5.69. The number of rotatable bonds is 7. The van der Waals surface area contributed by atoms with Crippen molar-refractivity contribution in [3.8, 4) is 0 Å². The summed E-state index contributed by atoms with van der Waals surface area (Å²) >= 11 is 0.925. The van der Waals surface area contributed by atoms with Gasteiger partial charge in [-0.05, 0) is 39.0 Å². The number of nitrogens with zero attached hydrogens (tertiary/aromatic N) is 3. The van der Waals surface area contributed by atoms with Gasteiger partial charge in [0.25, 0.3) is 5.91 Å². The van der Waals surface area contributed by atoms with E-state index in [-0.39, 0.29) is 27.9 Å². The van der Waals surface area contributed by atoms with Gasteiger partial charge in [0, 0.05) is 0 Å². The summed E-state index contributed by atoms with van der Waals surface area (Å²) in [6.45, 7) is 4.73. The van der Waals surface area contributed by atoms with Crippen molar-refractivity contribution in [2.75, 3.05) is 11.9 Å². The average molecular weight is 418 g/mol. The highest BCUT2D eigenvalue weighted by Crippen LogP contribution is 2.24. The van der Waals surface area contributed by atoms with E-state index in [4.69, 9.17) is 9.84 Å². The monoisotopic (exact) mass is 418 g/mol. The molecule has 0 radical (unpaired) electrons. The van der Waals surface area contributed by atoms with Crippen LogP contribution < -0.4 is 5.32 Å². The summed E-state index contributed by atoms with van der Waals surface area (Å²) in [5.41, 5.74) is 0.187. The van der Waals surface area contributed by atoms with Crippen LogP contribution in [0.3, 0.4) is 0 Å². The molecule has 0 spiro atoms. The Balaban J connectivity index is 2.20. The van der Waals surface area contributed by atoms with Gasteiger partial charge < -0.3 is 14.9 Å². The minimum absolute atomic E-state index is 0.00177. The molecule has 152 valence electrons. The number of benzene rings is 1. The van der Waals surface area contributed by atoms with Crippen molar-refractivity contribution in [2.45, 2.75) is 20.8 Å². The molecule has 29 heavy (non-hydrogen) atoms. The first-order valence-electron chi connectivity index (χ1n) is 8.33. The highest BCUT2D eigenvalue weighted by molar-refractivity contribution is 7.17. The Morgan fingerprint density at radius 1 is 1.28 bits per heavy atom. The standard InChI is InChI=1S/C18H18N4O6S/c1-4-28-17(27)14-9(2)19-18(29-14)20-15(24)13(10(3)23)22-21-12-7-5-6-11(8-12)16(25)26/h5-8,23H,4H2,1-3H3,(H,25,26)(H,19,20,24). The van der Waals surface area contributed by atoms with Crippen LogP contribution in [0.15, 0.2) is 46.0 Å². The van der Waals surface area contributed by atoms with Gasteiger partial charge in [0.15, 0.2) is 10.8 Å². The molecule has 1 amide bonds. The first kappa shape index (κ1) is 21.7. The summed E-state index contributed by atoms with van der Waals surface area (Å²) in [6.07, 6.45) is 0. The molecule has 0 aliphatic carbocycles. The molecular weight excluding hydrogens is 400 g/mol. The van der Waals surface area contributed by atoms with Gasteiger partial charge in [0.05, 0.1) is 23.6 Å². The maximum Gasteiger partial charge on any atom is 0.350 e. The Labute approximate surface area is 169 Å². The fourth-order valence-corrected chi connectivity index (χ4v) is 2.94. The molecule has 0 saturated heterocycles. The Hall–Kier alpha value is -3.60. The SMILES string of the molecule is CCOC(=O)c1sc(NC(=O)C(N=Nc2cccc(C(=O)O)c2)=C(C)O)nc1C. The van der Waals surface area contributed by atoms with Gasteiger partial charge in [0.1, 0.15) is 10.6 Å². The third-order valence-electron chi connectivity index (χ3n) is 3.39. The van der Waals surface area contributed by atoms with E-state index in [1.807, 2.05) is 0 Å². The molecule has 11 heteroatoms. The number of carboxylic acid groups (broad SMARTS) is 1. The van der Waals surface area contributed by atoms with Gasteiger partial charge in [-0.2, -0.15) is 5.11 Å². The van der Waals surface area contributed by atoms with E-state index in [0.717, 1.165) is 11.3 Å². The van der Waals surface area contributed by atoms with Crippen LogP contribution in [0, 0.1) is 6.92 Å². The third-order valence-corrected chi connectivity index (χ3v) is 4.45. The Bertz CT molecular complexity index is 1010. The molecule has 3 N–H and O–H groups in total. The topological polar surface area (TPSA) is 151 Å². The number of thiazole rings is 1. The smallest absolute Gasteiger partial charge is 0.350 e. The summed E-state index contributed by atoms with van der Waals surface area (Å²) in [6, 6.07) is 5.62. The normalized spacial score (nSPS) is 11.8. The van der Waals surface area contributed by atoms with Crippen molar-refractivity contribution in [1.29, 1.82) is 0 Å². The van der Waals surface area contributed by atoms with Crippen LogP contribution in [-0.2, 0) is 9.53 Å². The number of azo groups is 1. The van der Waals surface area contributed by atoms with E-state index in [2.05, 4.69) is 20.5 Å². The van der Waals surface area contributed by atoms with E-state index in [9.17, 15) is 19.5 Å². The number of ether oxygens (including phenoxy) is 1. The molecule has 2 rings (SSSR count). The predicted octanol–water partition coefficient (Wildman–Crippen LogP) is 3.84. The van der Waals surface area contributed by atoms with E-state index >= 15 is 0 Å². The van der Waals surface area contributed by atoms with Gasteiger partial charge >= 0.3 is 11.9 Å². The van der Waals surface area contributed by atoms with Gasteiger partial charge in [-0.15, -0.1) is 5.11 Å². The fraction of sp³-hybridized carbons (Fsp3) is 0.222. The van der Waals surface area contributed by atoms with Crippen LogP contribution in [0.1, 0.15) is 39.6 Å². The molecule has 0 bridgehead atoms. The molecule has 0 saturated carbocycles. The molecule has 2 aromatic rings. The lowest BCUT2D eigenvalue weighted by Gasteiger charge is -2.03. The summed E-state index contributed by atoms with van der Waals surface area (Å²) in [4.78, 5) is 39.6. The molecule has 0 atom stereocenters. The number of aliphatic hydroxyl groups excluding tert-OH is 1. The van der Waals surface area contributed by atoms with Crippen molar-refractivity contribution in [3.63, 3.8) is 0 Å². The molecule has 0 fully saturated rings. The summed E-state index contributed by atoms with van der Waals surface area (Å²) in [7, 11) is 0. The number of allylic oxidation sites excluding steroid dienone is 1. The predicted molar refractivity (Wildman–Crippen MR) is 105 cm³/mol. The minimum Gasteiger partial charge on any atom is -0.510 e. The second kappa shape index (κ2) is 9.55. The van der Waals surface area contributed by atoms with E-state index in [1.165, 1.54) is 31.2 Å². The van der Waals surface area contributed by atoms with Gasteiger partial charge in [-0.1, -0.05) is 17.4 Å². The Morgan fingerprint density at radius 2 is 2.00 bits per heavy atom. The van der Waals surface area contributed by atoms with Crippen LogP contribution >= 0.6 is 11.3 Å². The number of hydrogen-bond donors (Lipinski definition) is 3. The number of carbonyl (C=O) groups excluding carboxylic acids is 2. The number of hydrogen-bond acceptors (Lipinski definition) is 9. The fourth-order valence-electron chi connectivity index (χ4n) is 2.08. The van der Waals surface area contributed by atoms with E-state index in [0.29, 0.717) is 5.69 Å². The number of aliphatic hydroxyl groups is 1. The molecule has 1 aromatic carbocycles. The number of carbonyl (C=O) groups is 3. The molecular formula is C18H18N4O6S. The van der Waals surface area contributed by atoms with Gasteiger partial charge in [0.2, 0.25) is 0 Å². The second-order valence-electron chi connectivity index (χ2n) is 5.60. The van der Waals surface area contributed by atoms with Crippen LogP contribution in [0.25, 0.3) is 0 Å². The Morgan fingerprint density at radius 3 is 2.62 bits per heavy atom. The Kier molecular flexibility index (Phi) is 7.15. The lowest BCUT2D eigenvalue weighted by atomic mass is 10.2. The lowest BCUT2D eigenvalue weighted by Crippen LogP contribution is -2.14.